The molecule has 10 aromatic carbocycles. The van der Waals surface area contributed by atoms with Crippen LogP contribution in [0.4, 0.5) is 0 Å². The summed E-state index contributed by atoms with van der Waals surface area (Å²) < 4.78 is 9.80. The highest BCUT2D eigenvalue weighted by atomic mass is 32.1. The Hall–Kier alpha value is -9.10. The van der Waals surface area contributed by atoms with Crippen molar-refractivity contribution in [3.8, 4) is 51.0 Å². The Bertz CT molecular complexity index is 4260. The van der Waals surface area contributed by atoms with Crippen molar-refractivity contribution in [3.05, 3.63) is 237 Å². The Morgan fingerprint density at radius 2 is 0.629 bits per heavy atom. The number of thiophene rings is 1. The molecule has 15 rings (SSSR count). The van der Waals surface area contributed by atoms with Crippen LogP contribution in [-0.2, 0) is 0 Å². The van der Waals surface area contributed by atoms with E-state index in [4.69, 9.17) is 9.97 Å². The molecule has 0 aliphatic carbocycles. The highest BCUT2D eigenvalue weighted by molar-refractivity contribution is 7.25. The summed E-state index contributed by atoms with van der Waals surface area (Å²) >= 11 is 1.84. The Labute approximate surface area is 406 Å². The molecule has 0 atom stereocenters. The number of rotatable bonds is 6. The molecule has 0 N–H and O–H groups in total. The van der Waals surface area contributed by atoms with E-state index in [1.165, 1.54) is 74.6 Å². The average molecular weight is 910 g/mol. The summed E-state index contributed by atoms with van der Waals surface area (Å²) in [6, 6.07) is 85.7. The van der Waals surface area contributed by atoms with Gasteiger partial charge in [0.2, 0.25) is 0 Å². The van der Waals surface area contributed by atoms with Crippen LogP contribution in [0.2, 0.25) is 0 Å². The maximum atomic E-state index is 5.20. The van der Waals surface area contributed by atoms with Gasteiger partial charge in [0.05, 0.1) is 44.5 Å². The first-order chi connectivity index (χ1) is 34.7. The molecule has 326 valence electrons. The molecule has 5 heterocycles. The molecule has 0 aliphatic heterocycles. The number of benzene rings is 10. The van der Waals surface area contributed by atoms with Crippen LogP contribution >= 0.6 is 11.3 Å². The summed E-state index contributed by atoms with van der Waals surface area (Å²) in [5.41, 5.74) is 15.4. The quantitative estimate of drug-likeness (QED) is 0.167. The van der Waals surface area contributed by atoms with Crippen molar-refractivity contribution >= 4 is 96.9 Å². The summed E-state index contributed by atoms with van der Waals surface area (Å²) in [6.45, 7) is 0. The first-order valence-corrected chi connectivity index (χ1v) is 24.5. The molecular weight excluding hydrogens is 871 g/mol. The molecule has 0 bridgehead atoms. The van der Waals surface area contributed by atoms with E-state index in [0.717, 1.165) is 56.2 Å². The first-order valence-electron chi connectivity index (χ1n) is 23.7. The van der Waals surface area contributed by atoms with Gasteiger partial charge in [-0.15, -0.1) is 11.3 Å². The molecule has 15 aromatic rings. The minimum Gasteiger partial charge on any atom is -0.309 e. The number of aromatic nitrogens is 5. The van der Waals surface area contributed by atoms with Gasteiger partial charge in [-0.1, -0.05) is 140 Å². The van der Waals surface area contributed by atoms with Gasteiger partial charge in [0.25, 0.3) is 0 Å². The smallest absolute Gasteiger partial charge is 0.160 e. The van der Waals surface area contributed by atoms with Crippen LogP contribution < -0.4 is 0 Å². The topological polar surface area (TPSA) is 40.6 Å². The van der Waals surface area contributed by atoms with E-state index in [-0.39, 0.29) is 0 Å². The van der Waals surface area contributed by atoms with Crippen LogP contribution in [0.5, 0.6) is 0 Å². The van der Waals surface area contributed by atoms with Crippen LogP contribution in [0.1, 0.15) is 0 Å². The van der Waals surface area contributed by atoms with Gasteiger partial charge >= 0.3 is 0 Å². The Kier molecular flexibility index (Phi) is 8.46. The summed E-state index contributed by atoms with van der Waals surface area (Å²) in [7, 11) is 0. The zero-order valence-electron chi connectivity index (χ0n) is 37.7. The third-order valence-electron chi connectivity index (χ3n) is 14.2. The van der Waals surface area contributed by atoms with Crippen molar-refractivity contribution in [1.29, 1.82) is 0 Å². The van der Waals surface area contributed by atoms with Gasteiger partial charge < -0.3 is 13.7 Å². The molecule has 5 nitrogen and oxygen atoms in total. The van der Waals surface area contributed by atoms with Crippen LogP contribution in [0.3, 0.4) is 0 Å². The Morgan fingerprint density at radius 3 is 1.13 bits per heavy atom. The minimum absolute atomic E-state index is 0.712. The van der Waals surface area contributed by atoms with E-state index in [1.54, 1.807) is 0 Å². The minimum atomic E-state index is 0.712. The predicted octanol–water partition coefficient (Wildman–Crippen LogP) is 17.1. The maximum Gasteiger partial charge on any atom is 0.160 e. The van der Waals surface area contributed by atoms with Crippen LogP contribution in [0.25, 0.3) is 137 Å². The molecule has 5 aromatic heterocycles. The first kappa shape index (κ1) is 38.9. The highest BCUT2D eigenvalue weighted by Gasteiger charge is 2.20. The number of nitrogens with zero attached hydrogens (tertiary/aromatic N) is 5. The third kappa shape index (κ3) is 5.90. The van der Waals surface area contributed by atoms with Gasteiger partial charge in [-0.3, -0.25) is 0 Å². The lowest BCUT2D eigenvalue weighted by Crippen LogP contribution is -1.96. The summed E-state index contributed by atoms with van der Waals surface area (Å²) in [5, 5.41) is 9.83. The van der Waals surface area contributed by atoms with E-state index in [1.807, 2.05) is 35.6 Å². The zero-order valence-corrected chi connectivity index (χ0v) is 38.5. The average Bonchev–Trinajstić information content (AvgIpc) is 4.17. The lowest BCUT2D eigenvalue weighted by Gasteiger charge is -2.11. The second kappa shape index (κ2) is 15.2. The zero-order chi connectivity index (χ0) is 45.9. The van der Waals surface area contributed by atoms with E-state index in [0.29, 0.717) is 5.82 Å². The van der Waals surface area contributed by atoms with Gasteiger partial charge in [0, 0.05) is 86.2 Å². The van der Waals surface area contributed by atoms with Crippen LogP contribution in [0, 0.1) is 0 Å². The normalized spacial score (nSPS) is 12.0. The predicted molar refractivity (Wildman–Crippen MR) is 294 cm³/mol. The maximum absolute atomic E-state index is 5.20. The molecule has 0 unspecified atom stereocenters. The molecule has 0 amide bonds. The van der Waals surface area contributed by atoms with E-state index >= 15 is 0 Å². The van der Waals surface area contributed by atoms with Gasteiger partial charge in [-0.2, -0.15) is 0 Å². The molecular formula is C64H39N5S. The van der Waals surface area contributed by atoms with Gasteiger partial charge in [0.1, 0.15) is 0 Å². The molecule has 0 saturated heterocycles. The largest absolute Gasteiger partial charge is 0.309 e. The number of fused-ring (bicyclic) bond motifs is 12. The van der Waals surface area contributed by atoms with Crippen molar-refractivity contribution in [2.45, 2.75) is 0 Å². The SMILES string of the molecule is c1ccc(-c2cc(-c3ccc4sc5ccc(-n6c7ccc(-n8c9ccccc9c9ccccc98)cc7c7cc(-n8c9ccccc9c9ccccc98)ccc76)cc5c4c3)nc(-c3ccccc3)n2)cc1. The second-order valence-electron chi connectivity index (χ2n) is 18.2. The molecule has 0 saturated carbocycles. The monoisotopic (exact) mass is 909 g/mol. The third-order valence-corrected chi connectivity index (χ3v) is 15.4. The van der Waals surface area contributed by atoms with Crippen molar-refractivity contribution < 1.29 is 0 Å². The fraction of sp³-hybridized carbons (Fsp3) is 0. The lowest BCUT2D eigenvalue weighted by molar-refractivity contribution is 1.16. The van der Waals surface area contributed by atoms with Gasteiger partial charge in [0.15, 0.2) is 5.82 Å². The molecule has 0 aliphatic rings. The Morgan fingerprint density at radius 1 is 0.257 bits per heavy atom. The molecule has 0 fully saturated rings. The van der Waals surface area contributed by atoms with Crippen LogP contribution in [-0.4, -0.2) is 23.7 Å². The Balaban J connectivity index is 0.949. The summed E-state index contributed by atoms with van der Waals surface area (Å²) in [4.78, 5) is 10.3. The van der Waals surface area contributed by atoms with Crippen molar-refractivity contribution in [2.75, 3.05) is 0 Å². The number of hydrogen-bond donors (Lipinski definition) is 0. The number of para-hydroxylation sites is 4. The van der Waals surface area contributed by atoms with Crippen molar-refractivity contribution in [3.63, 3.8) is 0 Å². The van der Waals surface area contributed by atoms with Crippen LogP contribution in [0.15, 0.2) is 237 Å². The molecule has 6 heteroatoms. The molecule has 0 spiro atoms. The van der Waals surface area contributed by atoms with E-state index in [2.05, 4.69) is 226 Å². The van der Waals surface area contributed by atoms with Crippen molar-refractivity contribution in [2.24, 2.45) is 0 Å². The molecule has 70 heavy (non-hydrogen) atoms. The summed E-state index contributed by atoms with van der Waals surface area (Å²) in [6.07, 6.45) is 0. The van der Waals surface area contributed by atoms with E-state index in [9.17, 15) is 0 Å². The highest BCUT2D eigenvalue weighted by Crippen LogP contribution is 2.42. The van der Waals surface area contributed by atoms with Crippen molar-refractivity contribution in [1.82, 2.24) is 23.7 Å². The lowest BCUT2D eigenvalue weighted by atomic mass is 10.0. The fourth-order valence-corrected chi connectivity index (χ4v) is 12.2. The van der Waals surface area contributed by atoms with Gasteiger partial charge in [-0.25, -0.2) is 9.97 Å². The number of hydrogen-bond acceptors (Lipinski definition) is 3. The van der Waals surface area contributed by atoms with E-state index < -0.39 is 0 Å². The fourth-order valence-electron chi connectivity index (χ4n) is 11.1. The second-order valence-corrected chi connectivity index (χ2v) is 19.2. The molecule has 0 radical (unpaired) electrons. The summed E-state index contributed by atoms with van der Waals surface area (Å²) in [5.74, 6) is 0.712. The standard InChI is InChI=1S/C64H39N5S/c1-3-15-40(16-4-1)54-39-55(66-64(65-54)41-17-5-2-6-18-41)42-27-33-62-52(35-42)53-38-45(30-34-63(53)70-62)69-60-31-28-43(67-56-23-11-7-19-46(56)47-20-8-12-24-57(47)67)36-50(60)51-37-44(29-32-61(51)69)68-58-25-13-9-21-48(58)49-22-10-14-26-59(49)68/h1-39H. The van der Waals surface area contributed by atoms with Gasteiger partial charge in [-0.05, 0) is 97.1 Å².